The molecule has 0 spiro atoms. The van der Waals surface area contributed by atoms with E-state index < -0.39 is 5.97 Å². The van der Waals surface area contributed by atoms with Crippen molar-refractivity contribution in [2.75, 3.05) is 6.61 Å². The van der Waals surface area contributed by atoms with Crippen molar-refractivity contribution in [2.24, 2.45) is 0 Å². The zero-order chi connectivity index (χ0) is 12.7. The number of carboxylic acids is 1. The maximum absolute atomic E-state index is 11.3. The van der Waals surface area contributed by atoms with E-state index in [-0.39, 0.29) is 11.8 Å². The van der Waals surface area contributed by atoms with Crippen molar-refractivity contribution in [1.82, 2.24) is 4.57 Å². The highest BCUT2D eigenvalue weighted by Gasteiger charge is 2.23. The Morgan fingerprint density at radius 3 is 3.00 bits per heavy atom. The molecule has 1 aromatic carbocycles. The molecule has 3 rings (SSSR count). The van der Waals surface area contributed by atoms with Gasteiger partial charge < -0.3 is 14.4 Å². The molecule has 1 aromatic heterocycles. The summed E-state index contributed by atoms with van der Waals surface area (Å²) in [5, 5.41) is 10.3. The minimum atomic E-state index is -0.968. The summed E-state index contributed by atoms with van der Waals surface area (Å²) in [5.74, 6) is -0.968. The third-order valence-corrected chi connectivity index (χ3v) is 3.57. The highest BCUT2D eigenvalue weighted by molar-refractivity contribution is 6.36. The standard InChI is InChI=1S/C13H12ClNO3/c14-9-3-1-4-10-12(9)8(13(16)17)7-15(10)11-5-2-6-18-11/h1,3-4,7,11H,2,5-6H2,(H,16,17). The van der Waals surface area contributed by atoms with Crippen LogP contribution in [0.15, 0.2) is 24.4 Å². The van der Waals surface area contributed by atoms with Crippen LogP contribution in [0, 0.1) is 0 Å². The molecule has 94 valence electrons. The predicted molar refractivity (Wildman–Crippen MR) is 68.1 cm³/mol. The van der Waals surface area contributed by atoms with Crippen molar-refractivity contribution in [3.8, 4) is 0 Å². The Morgan fingerprint density at radius 1 is 1.50 bits per heavy atom. The highest BCUT2D eigenvalue weighted by Crippen LogP contribution is 2.34. The van der Waals surface area contributed by atoms with Crippen LogP contribution in [-0.2, 0) is 4.74 Å². The van der Waals surface area contributed by atoms with Gasteiger partial charge in [0.25, 0.3) is 0 Å². The van der Waals surface area contributed by atoms with Crippen LogP contribution >= 0.6 is 11.6 Å². The number of ether oxygens (including phenoxy) is 1. The normalized spacial score (nSPS) is 19.5. The van der Waals surface area contributed by atoms with Crippen LogP contribution in [-0.4, -0.2) is 22.2 Å². The van der Waals surface area contributed by atoms with E-state index in [2.05, 4.69) is 0 Å². The number of carbonyl (C=O) groups is 1. The molecule has 1 unspecified atom stereocenters. The van der Waals surface area contributed by atoms with Gasteiger partial charge in [0.05, 0.1) is 16.1 Å². The van der Waals surface area contributed by atoms with Crippen molar-refractivity contribution >= 4 is 28.5 Å². The molecule has 5 heteroatoms. The smallest absolute Gasteiger partial charge is 0.337 e. The molecule has 0 saturated carbocycles. The molecule has 1 aliphatic rings. The summed E-state index contributed by atoms with van der Waals surface area (Å²) in [5.41, 5.74) is 1.04. The first-order chi connectivity index (χ1) is 8.68. The molecule has 1 atom stereocenters. The molecule has 0 aliphatic carbocycles. The van der Waals surface area contributed by atoms with Crippen LogP contribution in [0.1, 0.15) is 29.4 Å². The molecule has 0 bridgehead atoms. The summed E-state index contributed by atoms with van der Waals surface area (Å²) in [6, 6.07) is 5.40. The average molecular weight is 266 g/mol. The first-order valence-corrected chi connectivity index (χ1v) is 6.20. The summed E-state index contributed by atoms with van der Waals surface area (Å²) in [6.07, 6.45) is 3.43. The van der Waals surface area contributed by atoms with E-state index >= 15 is 0 Å². The predicted octanol–water partition coefficient (Wildman–Crippen LogP) is 3.30. The first-order valence-electron chi connectivity index (χ1n) is 5.82. The number of halogens is 1. The quantitative estimate of drug-likeness (QED) is 0.906. The van der Waals surface area contributed by atoms with E-state index in [1.165, 1.54) is 0 Å². The highest BCUT2D eigenvalue weighted by atomic mass is 35.5. The zero-order valence-corrected chi connectivity index (χ0v) is 10.4. The second kappa shape index (κ2) is 4.30. The molecule has 2 aromatic rings. The van der Waals surface area contributed by atoms with Gasteiger partial charge in [0.15, 0.2) is 0 Å². The van der Waals surface area contributed by atoms with Crippen molar-refractivity contribution < 1.29 is 14.6 Å². The number of nitrogens with zero attached hydrogens (tertiary/aromatic N) is 1. The van der Waals surface area contributed by atoms with Gasteiger partial charge in [-0.3, -0.25) is 0 Å². The molecular weight excluding hydrogens is 254 g/mol. The minimum absolute atomic E-state index is 0.0842. The molecule has 18 heavy (non-hydrogen) atoms. The van der Waals surface area contributed by atoms with Gasteiger partial charge in [-0.15, -0.1) is 0 Å². The van der Waals surface area contributed by atoms with E-state index in [1.807, 2.05) is 16.7 Å². The van der Waals surface area contributed by atoms with Gasteiger partial charge in [-0.1, -0.05) is 17.7 Å². The Balaban J connectivity index is 2.26. The minimum Gasteiger partial charge on any atom is -0.478 e. The lowest BCUT2D eigenvalue weighted by Crippen LogP contribution is -2.05. The van der Waals surface area contributed by atoms with Gasteiger partial charge in [0.2, 0.25) is 0 Å². The summed E-state index contributed by atoms with van der Waals surface area (Å²) in [6.45, 7) is 0.716. The average Bonchev–Trinajstić information content (AvgIpc) is 2.95. The Labute approximate surface area is 109 Å². The molecule has 1 N–H and O–H groups in total. The van der Waals surface area contributed by atoms with Crippen molar-refractivity contribution in [1.29, 1.82) is 0 Å². The fraction of sp³-hybridized carbons (Fsp3) is 0.308. The van der Waals surface area contributed by atoms with Crippen molar-refractivity contribution in [2.45, 2.75) is 19.1 Å². The van der Waals surface area contributed by atoms with E-state index in [9.17, 15) is 9.90 Å². The van der Waals surface area contributed by atoms with Crippen molar-refractivity contribution in [3.63, 3.8) is 0 Å². The third kappa shape index (κ3) is 1.69. The molecule has 1 fully saturated rings. The Kier molecular flexibility index (Phi) is 2.76. The largest absolute Gasteiger partial charge is 0.478 e. The molecule has 1 saturated heterocycles. The second-order valence-corrected chi connectivity index (χ2v) is 4.76. The third-order valence-electron chi connectivity index (χ3n) is 3.25. The van der Waals surface area contributed by atoms with Crippen LogP contribution in [0.2, 0.25) is 5.02 Å². The SMILES string of the molecule is O=C(O)c1cn(C2CCCO2)c2cccc(Cl)c12. The molecule has 1 aliphatic heterocycles. The Bertz CT molecular complexity index is 614. The second-order valence-electron chi connectivity index (χ2n) is 4.36. The maximum Gasteiger partial charge on any atom is 0.337 e. The summed E-state index contributed by atoms with van der Waals surface area (Å²) in [7, 11) is 0. The topological polar surface area (TPSA) is 51.5 Å². The molecule has 0 amide bonds. The lowest BCUT2D eigenvalue weighted by atomic mass is 10.2. The molecular formula is C13H12ClNO3. The van der Waals surface area contributed by atoms with Crippen LogP contribution in [0.4, 0.5) is 0 Å². The monoisotopic (exact) mass is 265 g/mol. The van der Waals surface area contributed by atoms with Crippen LogP contribution in [0.5, 0.6) is 0 Å². The van der Waals surface area contributed by atoms with E-state index in [1.54, 1.807) is 12.3 Å². The van der Waals surface area contributed by atoms with Crippen LogP contribution in [0.25, 0.3) is 10.9 Å². The van der Waals surface area contributed by atoms with Crippen LogP contribution < -0.4 is 0 Å². The zero-order valence-electron chi connectivity index (χ0n) is 9.60. The number of rotatable bonds is 2. The van der Waals surface area contributed by atoms with Gasteiger partial charge in [-0.2, -0.15) is 0 Å². The fourth-order valence-electron chi connectivity index (χ4n) is 2.45. The van der Waals surface area contributed by atoms with Gasteiger partial charge in [-0.05, 0) is 25.0 Å². The summed E-state index contributed by atoms with van der Waals surface area (Å²) >= 11 is 6.11. The molecule has 0 radical (unpaired) electrons. The number of carboxylic acid groups (broad SMARTS) is 1. The van der Waals surface area contributed by atoms with Gasteiger partial charge in [0.1, 0.15) is 6.23 Å². The van der Waals surface area contributed by atoms with E-state index in [0.717, 1.165) is 18.4 Å². The first kappa shape index (κ1) is 11.6. The fourth-order valence-corrected chi connectivity index (χ4v) is 2.72. The number of hydrogen-bond acceptors (Lipinski definition) is 2. The number of aromatic nitrogens is 1. The molecule has 4 nitrogen and oxygen atoms in total. The van der Waals surface area contributed by atoms with Gasteiger partial charge >= 0.3 is 5.97 Å². The Morgan fingerprint density at radius 2 is 2.33 bits per heavy atom. The summed E-state index contributed by atoms with van der Waals surface area (Å²) < 4.78 is 7.48. The number of hydrogen-bond donors (Lipinski definition) is 1. The molecule has 2 heterocycles. The summed E-state index contributed by atoms with van der Waals surface area (Å²) in [4.78, 5) is 11.3. The number of fused-ring (bicyclic) bond motifs is 1. The lowest BCUT2D eigenvalue weighted by Gasteiger charge is -2.12. The van der Waals surface area contributed by atoms with Gasteiger partial charge in [-0.25, -0.2) is 4.79 Å². The van der Waals surface area contributed by atoms with Crippen LogP contribution in [0.3, 0.4) is 0 Å². The van der Waals surface area contributed by atoms with Gasteiger partial charge in [0, 0.05) is 18.2 Å². The maximum atomic E-state index is 11.3. The Hall–Kier alpha value is -1.52. The lowest BCUT2D eigenvalue weighted by molar-refractivity contribution is 0.0595. The number of aromatic carboxylic acids is 1. The van der Waals surface area contributed by atoms with E-state index in [4.69, 9.17) is 16.3 Å². The van der Waals surface area contributed by atoms with E-state index in [0.29, 0.717) is 17.0 Å². The number of benzene rings is 1. The van der Waals surface area contributed by atoms with Crippen molar-refractivity contribution in [3.05, 3.63) is 35.0 Å².